The summed E-state index contributed by atoms with van der Waals surface area (Å²) in [5.41, 5.74) is 7.91. The van der Waals surface area contributed by atoms with Crippen molar-refractivity contribution >= 4 is 50.3 Å². The van der Waals surface area contributed by atoms with Crippen molar-refractivity contribution in [2.75, 3.05) is 5.73 Å². The van der Waals surface area contributed by atoms with Crippen molar-refractivity contribution in [2.45, 2.75) is 49.7 Å². The molecule has 4 aromatic rings. The molecule has 6 nitrogen and oxygen atoms in total. The smallest absolute Gasteiger partial charge is 0.177 e. The van der Waals surface area contributed by atoms with E-state index in [1.807, 2.05) is 24.5 Å². The summed E-state index contributed by atoms with van der Waals surface area (Å²) in [5.74, 6) is 0.105. The van der Waals surface area contributed by atoms with Gasteiger partial charge in [0.05, 0.1) is 10.2 Å². The normalized spacial score (nSPS) is 11.0. The fourth-order valence-corrected chi connectivity index (χ4v) is 4.61. The summed E-state index contributed by atoms with van der Waals surface area (Å²) in [6, 6.07) is 4.92. The molecule has 0 aliphatic carbocycles. The van der Waals surface area contributed by atoms with Crippen LogP contribution in [-0.4, -0.2) is 24.5 Å². The van der Waals surface area contributed by atoms with E-state index in [9.17, 15) is 4.39 Å². The van der Waals surface area contributed by atoms with Crippen LogP contribution in [0.1, 0.15) is 33.6 Å². The molecule has 27 heavy (non-hydrogen) atoms. The summed E-state index contributed by atoms with van der Waals surface area (Å²) >= 11 is 2.72. The van der Waals surface area contributed by atoms with Crippen molar-refractivity contribution in [3.05, 3.63) is 30.3 Å². The lowest BCUT2D eigenvalue weighted by molar-refractivity contribution is 0.598. The summed E-state index contributed by atoms with van der Waals surface area (Å²) in [6.07, 6.45) is 3.50. The third kappa shape index (κ3) is 3.89. The number of nitrogens with zero attached hydrogens (tertiary/aromatic N) is 5. The van der Waals surface area contributed by atoms with Gasteiger partial charge in [-0.15, -0.1) is 11.3 Å². The van der Waals surface area contributed by atoms with Gasteiger partial charge in [0.1, 0.15) is 12.1 Å². The monoisotopic (exact) mass is 404 g/mol. The van der Waals surface area contributed by atoms with Crippen LogP contribution < -0.4 is 5.73 Å². The summed E-state index contributed by atoms with van der Waals surface area (Å²) in [6.45, 7) is 6.91. The predicted octanol–water partition coefficient (Wildman–Crippen LogP) is 5.13. The Morgan fingerprint density at radius 3 is 2.78 bits per heavy atom. The molecule has 9 heteroatoms. The minimum absolute atomic E-state index is 0.253. The molecule has 0 atom stereocenters. The number of aryl methyl sites for hydroxylation is 1. The van der Waals surface area contributed by atoms with Crippen LogP contribution in [0.4, 0.5) is 10.2 Å². The van der Waals surface area contributed by atoms with Crippen LogP contribution in [0.5, 0.6) is 0 Å². The average molecular weight is 405 g/mol. The molecule has 142 valence electrons. The second kappa shape index (κ2) is 8.62. The number of unbranched alkanes of at least 4 members (excludes halogenated alkanes) is 1. The Balaban J connectivity index is 0.00000102. The molecule has 2 N–H and O–H groups in total. The minimum atomic E-state index is -0.253. The summed E-state index contributed by atoms with van der Waals surface area (Å²) in [7, 11) is 0. The van der Waals surface area contributed by atoms with Gasteiger partial charge in [0.2, 0.25) is 0 Å². The Labute approximate surface area is 165 Å². The van der Waals surface area contributed by atoms with Gasteiger partial charge in [0, 0.05) is 6.54 Å². The molecule has 0 aliphatic heterocycles. The number of nitrogens with two attached hydrogens (primary N) is 1. The van der Waals surface area contributed by atoms with Gasteiger partial charge < -0.3 is 10.3 Å². The third-order valence-corrected chi connectivity index (χ3v) is 5.92. The first-order valence-corrected chi connectivity index (χ1v) is 10.5. The second-order valence-electron chi connectivity index (χ2n) is 5.50. The van der Waals surface area contributed by atoms with Crippen LogP contribution in [0.2, 0.25) is 0 Å². The van der Waals surface area contributed by atoms with Crippen molar-refractivity contribution in [3.63, 3.8) is 0 Å². The maximum Gasteiger partial charge on any atom is 0.177 e. The number of aromatic nitrogens is 5. The third-order valence-electron chi connectivity index (χ3n) is 3.79. The van der Waals surface area contributed by atoms with E-state index in [0.717, 1.165) is 34.5 Å². The van der Waals surface area contributed by atoms with E-state index in [4.69, 9.17) is 5.73 Å². The molecular weight excluding hydrogens is 383 g/mol. The average Bonchev–Trinajstić information content (AvgIpc) is 3.25. The topological polar surface area (TPSA) is 82.5 Å². The zero-order valence-electron chi connectivity index (χ0n) is 15.4. The van der Waals surface area contributed by atoms with Crippen LogP contribution in [-0.2, 0) is 6.54 Å². The van der Waals surface area contributed by atoms with Crippen molar-refractivity contribution < 1.29 is 4.39 Å². The van der Waals surface area contributed by atoms with Crippen LogP contribution in [0, 0.1) is 5.82 Å². The first-order chi connectivity index (χ1) is 13.2. The van der Waals surface area contributed by atoms with Gasteiger partial charge in [-0.1, -0.05) is 33.3 Å². The standard InChI is InChI=1S/C16H15FN6S2.C2H6/c1-2-3-7-23-14-11(13(18)19-8-20-14)22-15(23)25-16-21-10-6-4-5-9(17)12(10)24-16;1-2/h4-6,8H,2-3,7H2,1H3,(H2,18,19,20);1-2H3. The summed E-state index contributed by atoms with van der Waals surface area (Å²) in [4.78, 5) is 17.5. The van der Waals surface area contributed by atoms with Crippen molar-refractivity contribution in [3.8, 4) is 0 Å². The van der Waals surface area contributed by atoms with Crippen LogP contribution in [0.15, 0.2) is 34.0 Å². The molecule has 0 radical (unpaired) electrons. The number of halogens is 1. The number of hydrogen-bond donors (Lipinski definition) is 1. The Hall–Kier alpha value is -2.26. The number of thiazole rings is 1. The highest BCUT2D eigenvalue weighted by Gasteiger charge is 2.17. The van der Waals surface area contributed by atoms with Crippen LogP contribution in [0.3, 0.4) is 0 Å². The molecule has 3 aromatic heterocycles. The number of anilines is 1. The number of nitrogen functional groups attached to an aromatic ring is 1. The molecule has 0 unspecified atom stereocenters. The lowest BCUT2D eigenvalue weighted by atomic mass is 10.3. The van der Waals surface area contributed by atoms with E-state index in [1.165, 1.54) is 35.5 Å². The van der Waals surface area contributed by atoms with E-state index in [1.54, 1.807) is 6.07 Å². The number of rotatable bonds is 5. The number of hydrogen-bond acceptors (Lipinski definition) is 7. The molecule has 0 bridgehead atoms. The summed E-state index contributed by atoms with van der Waals surface area (Å²) in [5, 5.41) is 0.745. The molecule has 0 spiro atoms. The van der Waals surface area contributed by atoms with Crippen molar-refractivity contribution in [2.24, 2.45) is 0 Å². The second-order valence-corrected chi connectivity index (χ2v) is 7.71. The molecule has 0 fully saturated rings. The Morgan fingerprint density at radius 2 is 2.04 bits per heavy atom. The van der Waals surface area contributed by atoms with E-state index in [0.29, 0.717) is 21.6 Å². The van der Waals surface area contributed by atoms with Gasteiger partial charge in [0.15, 0.2) is 26.5 Å². The molecule has 1 aromatic carbocycles. The molecule has 3 heterocycles. The van der Waals surface area contributed by atoms with Gasteiger partial charge in [-0.3, -0.25) is 0 Å². The summed E-state index contributed by atoms with van der Waals surface area (Å²) < 4.78 is 17.2. The zero-order valence-corrected chi connectivity index (χ0v) is 17.1. The van der Waals surface area contributed by atoms with Crippen LogP contribution in [0.25, 0.3) is 21.4 Å². The molecule has 4 rings (SSSR count). The maximum absolute atomic E-state index is 13.9. The Bertz CT molecular complexity index is 1060. The molecular formula is C18H21FN6S2. The fraction of sp³-hybridized carbons (Fsp3) is 0.333. The van der Waals surface area contributed by atoms with Gasteiger partial charge >= 0.3 is 0 Å². The zero-order chi connectivity index (χ0) is 19.4. The van der Waals surface area contributed by atoms with E-state index in [-0.39, 0.29) is 5.82 Å². The fourth-order valence-electron chi connectivity index (χ4n) is 2.55. The molecule has 0 aliphatic rings. The lowest BCUT2D eigenvalue weighted by Crippen LogP contribution is -2.01. The number of fused-ring (bicyclic) bond motifs is 2. The van der Waals surface area contributed by atoms with Gasteiger partial charge in [0.25, 0.3) is 0 Å². The lowest BCUT2D eigenvalue weighted by Gasteiger charge is -2.05. The highest BCUT2D eigenvalue weighted by molar-refractivity contribution is 8.01. The highest BCUT2D eigenvalue weighted by Crippen LogP contribution is 2.36. The predicted molar refractivity (Wildman–Crippen MR) is 110 cm³/mol. The molecule has 0 saturated carbocycles. The minimum Gasteiger partial charge on any atom is -0.382 e. The van der Waals surface area contributed by atoms with Crippen molar-refractivity contribution in [1.29, 1.82) is 0 Å². The maximum atomic E-state index is 13.9. The highest BCUT2D eigenvalue weighted by atomic mass is 32.2. The van der Waals surface area contributed by atoms with Gasteiger partial charge in [-0.05, 0) is 30.3 Å². The van der Waals surface area contributed by atoms with Crippen LogP contribution >= 0.6 is 23.1 Å². The number of benzene rings is 1. The largest absolute Gasteiger partial charge is 0.382 e. The van der Waals surface area contributed by atoms with E-state index in [2.05, 4.69) is 26.9 Å². The van der Waals surface area contributed by atoms with Gasteiger partial charge in [-0.25, -0.2) is 24.3 Å². The molecule has 0 amide bonds. The molecule has 0 saturated heterocycles. The quantitative estimate of drug-likeness (QED) is 0.496. The van der Waals surface area contributed by atoms with E-state index < -0.39 is 0 Å². The Kier molecular flexibility index (Phi) is 6.22. The van der Waals surface area contributed by atoms with Crippen molar-refractivity contribution in [1.82, 2.24) is 24.5 Å². The first-order valence-electron chi connectivity index (χ1n) is 8.87. The van der Waals surface area contributed by atoms with E-state index >= 15 is 0 Å². The van der Waals surface area contributed by atoms with Gasteiger partial charge in [-0.2, -0.15) is 0 Å². The Morgan fingerprint density at radius 1 is 1.22 bits per heavy atom. The first kappa shape index (κ1) is 19.5. The number of imidazole rings is 1. The SMILES string of the molecule is CC.CCCCn1c(Sc2nc3cccc(F)c3s2)nc2c(N)ncnc21.